The molecule has 1 aromatic carbocycles. The van der Waals surface area contributed by atoms with E-state index >= 15 is 0 Å². The van der Waals surface area contributed by atoms with Crippen molar-refractivity contribution in [3.63, 3.8) is 0 Å². The number of benzene rings is 1. The Hall–Kier alpha value is -1.69. The Morgan fingerprint density at radius 2 is 2.00 bits per heavy atom. The van der Waals surface area contributed by atoms with Crippen molar-refractivity contribution in [2.45, 2.75) is 20.3 Å². The summed E-state index contributed by atoms with van der Waals surface area (Å²) in [6.45, 7) is 3.65. The highest BCUT2D eigenvalue weighted by Crippen LogP contribution is 2.15. The van der Waals surface area contributed by atoms with Gasteiger partial charge in [-0.1, -0.05) is 19.1 Å². The van der Waals surface area contributed by atoms with Crippen LogP contribution in [-0.2, 0) is 4.79 Å². The van der Waals surface area contributed by atoms with Gasteiger partial charge in [0.2, 0.25) is 0 Å². The van der Waals surface area contributed by atoms with Crippen LogP contribution in [-0.4, -0.2) is 24.1 Å². The van der Waals surface area contributed by atoms with E-state index in [0.29, 0.717) is 10.0 Å². The molecular weight excluding hydrogens is 310 g/mol. The molecule has 0 radical (unpaired) electrons. The van der Waals surface area contributed by atoms with E-state index in [0.717, 1.165) is 12.1 Å². The molecule has 0 atom stereocenters. The first-order valence-corrected chi connectivity index (χ1v) is 6.68. The molecule has 6 heteroatoms. The number of carbonyl (C=O) groups is 2. The average molecular weight is 326 g/mol. The van der Waals surface area contributed by atoms with Gasteiger partial charge in [0.1, 0.15) is 0 Å². The van der Waals surface area contributed by atoms with E-state index in [9.17, 15) is 9.59 Å². The molecule has 0 aliphatic heterocycles. The van der Waals surface area contributed by atoms with Gasteiger partial charge in [0.05, 0.1) is 12.1 Å². The fraction of sp³-hybridized carbons (Fsp3) is 0.308. The lowest BCUT2D eigenvalue weighted by Gasteiger charge is -2.06. The van der Waals surface area contributed by atoms with Crippen LogP contribution in [0, 0.1) is 0 Å². The molecule has 2 N–H and O–H groups in total. The Balaban J connectivity index is 2.47. The Morgan fingerprint density at radius 1 is 1.32 bits per heavy atom. The number of rotatable bonds is 5. The standard InChI is InChI=1S/C13H16BrN3O2/c1-3-9(2)16-17-12(18)8-15-13(19)10-6-4-5-7-11(10)14/h4-7H,3,8H2,1-2H3,(H,15,19)(H,17,18)/b16-9+. The molecule has 0 saturated heterocycles. The minimum atomic E-state index is -0.354. The molecule has 0 spiro atoms. The van der Waals surface area contributed by atoms with Gasteiger partial charge in [0.25, 0.3) is 11.8 Å². The zero-order valence-corrected chi connectivity index (χ0v) is 12.5. The second-order valence-electron chi connectivity index (χ2n) is 3.90. The number of nitrogens with zero attached hydrogens (tertiary/aromatic N) is 1. The SMILES string of the molecule is CC/C(C)=N/NC(=O)CNC(=O)c1ccccc1Br. The van der Waals surface area contributed by atoms with E-state index in [1.807, 2.05) is 19.9 Å². The number of nitrogens with one attached hydrogen (secondary N) is 2. The molecule has 5 nitrogen and oxygen atoms in total. The summed E-state index contributed by atoms with van der Waals surface area (Å²) in [7, 11) is 0. The first kappa shape index (κ1) is 15.4. The molecule has 0 aliphatic rings. The van der Waals surface area contributed by atoms with E-state index in [-0.39, 0.29) is 18.4 Å². The number of carbonyl (C=O) groups excluding carboxylic acids is 2. The van der Waals surface area contributed by atoms with Gasteiger partial charge in [-0.05, 0) is 41.4 Å². The van der Waals surface area contributed by atoms with Crippen molar-refractivity contribution in [3.05, 3.63) is 34.3 Å². The second kappa shape index (κ2) is 7.68. The van der Waals surface area contributed by atoms with E-state index in [2.05, 4.69) is 31.8 Å². The average Bonchev–Trinajstić information content (AvgIpc) is 2.42. The maximum absolute atomic E-state index is 11.8. The van der Waals surface area contributed by atoms with Crippen molar-refractivity contribution in [1.82, 2.24) is 10.7 Å². The third-order valence-corrected chi connectivity index (χ3v) is 3.10. The summed E-state index contributed by atoms with van der Waals surface area (Å²) in [5, 5.41) is 6.40. The molecule has 0 saturated carbocycles. The summed E-state index contributed by atoms with van der Waals surface area (Å²) in [6, 6.07) is 7.02. The van der Waals surface area contributed by atoms with Gasteiger partial charge < -0.3 is 5.32 Å². The maximum Gasteiger partial charge on any atom is 0.259 e. The number of halogens is 1. The van der Waals surface area contributed by atoms with E-state index in [1.54, 1.807) is 18.2 Å². The first-order chi connectivity index (χ1) is 9.04. The van der Waals surface area contributed by atoms with Gasteiger partial charge in [-0.2, -0.15) is 5.10 Å². The highest BCUT2D eigenvalue weighted by atomic mass is 79.9. The highest BCUT2D eigenvalue weighted by molar-refractivity contribution is 9.10. The van der Waals surface area contributed by atoms with Crippen LogP contribution in [0.3, 0.4) is 0 Å². The monoisotopic (exact) mass is 325 g/mol. The minimum Gasteiger partial charge on any atom is -0.343 e. The lowest BCUT2D eigenvalue weighted by atomic mass is 10.2. The number of hydrogen-bond donors (Lipinski definition) is 2. The van der Waals surface area contributed by atoms with Gasteiger partial charge in [-0.15, -0.1) is 0 Å². The van der Waals surface area contributed by atoms with E-state index in [4.69, 9.17) is 0 Å². The smallest absolute Gasteiger partial charge is 0.259 e. The maximum atomic E-state index is 11.8. The Kier molecular flexibility index (Phi) is 6.21. The van der Waals surface area contributed by atoms with Crippen molar-refractivity contribution in [3.8, 4) is 0 Å². The van der Waals surface area contributed by atoms with Crippen LogP contribution in [0.4, 0.5) is 0 Å². The topological polar surface area (TPSA) is 70.6 Å². The van der Waals surface area contributed by atoms with Crippen molar-refractivity contribution in [1.29, 1.82) is 0 Å². The number of hydrogen-bond acceptors (Lipinski definition) is 3. The predicted octanol–water partition coefficient (Wildman–Crippen LogP) is 2.08. The minimum absolute atomic E-state index is 0.110. The van der Waals surface area contributed by atoms with Crippen molar-refractivity contribution < 1.29 is 9.59 Å². The molecule has 2 amide bonds. The molecule has 0 aliphatic carbocycles. The summed E-state index contributed by atoms with van der Waals surface area (Å²) >= 11 is 3.28. The largest absolute Gasteiger partial charge is 0.343 e. The molecule has 0 heterocycles. The van der Waals surface area contributed by atoms with Crippen LogP contribution >= 0.6 is 15.9 Å². The normalized spacial score (nSPS) is 11.0. The third-order valence-electron chi connectivity index (χ3n) is 2.41. The summed E-state index contributed by atoms with van der Waals surface area (Å²) < 4.78 is 0.688. The number of amides is 2. The van der Waals surface area contributed by atoms with Gasteiger partial charge in [0, 0.05) is 10.2 Å². The molecule has 0 bridgehead atoms. The predicted molar refractivity (Wildman–Crippen MR) is 78.0 cm³/mol. The van der Waals surface area contributed by atoms with Gasteiger partial charge in [-0.3, -0.25) is 9.59 Å². The molecule has 0 fully saturated rings. The van der Waals surface area contributed by atoms with Gasteiger partial charge in [-0.25, -0.2) is 5.43 Å². The summed E-state index contributed by atoms with van der Waals surface area (Å²) in [5.41, 5.74) is 3.69. The van der Waals surface area contributed by atoms with Crippen molar-refractivity contribution in [2.24, 2.45) is 5.10 Å². The Morgan fingerprint density at radius 3 is 2.63 bits per heavy atom. The highest BCUT2D eigenvalue weighted by Gasteiger charge is 2.10. The zero-order chi connectivity index (χ0) is 14.3. The fourth-order valence-electron chi connectivity index (χ4n) is 1.18. The molecule has 0 aromatic heterocycles. The first-order valence-electron chi connectivity index (χ1n) is 5.89. The molecular formula is C13H16BrN3O2. The van der Waals surface area contributed by atoms with Crippen LogP contribution in [0.25, 0.3) is 0 Å². The van der Waals surface area contributed by atoms with Crippen LogP contribution in [0.15, 0.2) is 33.8 Å². The third kappa shape index (κ3) is 5.21. The summed E-state index contributed by atoms with van der Waals surface area (Å²) in [6.07, 6.45) is 0.767. The van der Waals surface area contributed by atoms with E-state index in [1.165, 1.54) is 0 Å². The van der Waals surface area contributed by atoms with Crippen molar-refractivity contribution >= 4 is 33.5 Å². The molecule has 1 rings (SSSR count). The Labute approximate surface area is 120 Å². The molecule has 19 heavy (non-hydrogen) atoms. The van der Waals surface area contributed by atoms with Crippen LogP contribution in [0.1, 0.15) is 30.6 Å². The zero-order valence-electron chi connectivity index (χ0n) is 10.9. The van der Waals surface area contributed by atoms with Gasteiger partial charge in [0.15, 0.2) is 0 Å². The van der Waals surface area contributed by atoms with Gasteiger partial charge >= 0.3 is 0 Å². The summed E-state index contributed by atoms with van der Waals surface area (Å²) in [4.78, 5) is 23.2. The number of hydrazone groups is 1. The van der Waals surface area contributed by atoms with Crippen LogP contribution < -0.4 is 10.7 Å². The second-order valence-corrected chi connectivity index (χ2v) is 4.75. The molecule has 0 unspecified atom stereocenters. The molecule has 1 aromatic rings. The van der Waals surface area contributed by atoms with E-state index < -0.39 is 0 Å². The fourth-order valence-corrected chi connectivity index (χ4v) is 1.64. The molecule has 102 valence electrons. The van der Waals surface area contributed by atoms with Crippen LogP contribution in [0.5, 0.6) is 0 Å². The van der Waals surface area contributed by atoms with Crippen LogP contribution in [0.2, 0.25) is 0 Å². The van der Waals surface area contributed by atoms with Crippen molar-refractivity contribution in [2.75, 3.05) is 6.54 Å². The lowest BCUT2D eigenvalue weighted by molar-refractivity contribution is -0.120. The quantitative estimate of drug-likeness (QED) is 0.642. The Bertz CT molecular complexity index is 500. The lowest BCUT2D eigenvalue weighted by Crippen LogP contribution is -2.35. The summed E-state index contributed by atoms with van der Waals surface area (Å²) in [5.74, 6) is -0.660.